The monoisotopic (exact) mass is 214 g/mol. The molecule has 0 radical (unpaired) electrons. The van der Waals surface area contributed by atoms with E-state index in [0.29, 0.717) is 12.0 Å². The van der Waals surface area contributed by atoms with E-state index in [-0.39, 0.29) is 25.0 Å². The Kier molecular flexibility index (Phi) is 2.77. The van der Waals surface area contributed by atoms with E-state index < -0.39 is 18.2 Å². The fraction of sp³-hybridized carbons (Fsp3) is 0.700. The van der Waals surface area contributed by atoms with Crippen molar-refractivity contribution >= 4 is 5.97 Å². The Labute approximate surface area is 87.0 Å². The third-order valence-corrected chi connectivity index (χ3v) is 3.28. The number of cyclic esters (lactones) is 1. The molecule has 2 rings (SSSR count). The Morgan fingerprint density at radius 1 is 1.47 bits per heavy atom. The summed E-state index contributed by atoms with van der Waals surface area (Å²) in [6, 6.07) is 0. The first kappa shape index (κ1) is 10.6. The molecule has 0 aromatic heterocycles. The van der Waals surface area contributed by atoms with E-state index in [4.69, 9.17) is 14.9 Å². The topological polar surface area (TPSA) is 87.0 Å². The number of carbonyl (C=O) groups is 1. The zero-order valence-electron chi connectivity index (χ0n) is 8.17. The summed E-state index contributed by atoms with van der Waals surface area (Å²) in [5, 5.41) is 27.7. The largest absolute Gasteiger partial charge is 0.435 e. The van der Waals surface area contributed by atoms with Crippen LogP contribution in [0.5, 0.6) is 0 Å². The molecule has 0 aromatic rings. The van der Waals surface area contributed by atoms with Crippen molar-refractivity contribution in [3.05, 3.63) is 11.6 Å². The van der Waals surface area contributed by atoms with Crippen molar-refractivity contribution in [2.45, 2.75) is 12.7 Å². The molecule has 0 spiro atoms. The molecule has 1 heterocycles. The molecular formula is C10H14O5. The van der Waals surface area contributed by atoms with Gasteiger partial charge in [-0.1, -0.05) is 6.08 Å². The van der Waals surface area contributed by atoms with E-state index in [1.54, 1.807) is 0 Å². The molecule has 1 aliphatic heterocycles. The molecule has 0 saturated carbocycles. The summed E-state index contributed by atoms with van der Waals surface area (Å²) in [6.07, 6.45) is 1.22. The molecule has 84 valence electrons. The second-order valence-electron chi connectivity index (χ2n) is 3.98. The Morgan fingerprint density at radius 3 is 2.80 bits per heavy atom. The van der Waals surface area contributed by atoms with Crippen LogP contribution in [0.2, 0.25) is 0 Å². The Bertz CT molecular complexity index is 298. The number of allylic oxidation sites excluding steroid dienone is 1. The summed E-state index contributed by atoms with van der Waals surface area (Å²) in [7, 11) is 0. The van der Waals surface area contributed by atoms with Crippen molar-refractivity contribution in [2.75, 3.05) is 13.2 Å². The van der Waals surface area contributed by atoms with E-state index in [9.17, 15) is 9.90 Å². The van der Waals surface area contributed by atoms with Gasteiger partial charge in [0.25, 0.3) is 0 Å². The lowest BCUT2D eigenvalue weighted by atomic mass is 9.79. The summed E-state index contributed by atoms with van der Waals surface area (Å²) in [4.78, 5) is 11.3. The number of hydrogen-bond donors (Lipinski definition) is 3. The summed E-state index contributed by atoms with van der Waals surface area (Å²) in [6.45, 7) is -0.423. The highest BCUT2D eigenvalue weighted by atomic mass is 16.6. The SMILES string of the molecule is O=C1OC(O)C2C(CO)=CCC2C1CO. The average molecular weight is 214 g/mol. The summed E-state index contributed by atoms with van der Waals surface area (Å²) >= 11 is 0. The predicted molar refractivity (Wildman–Crippen MR) is 49.4 cm³/mol. The average Bonchev–Trinajstić information content (AvgIpc) is 2.62. The van der Waals surface area contributed by atoms with Gasteiger partial charge in [0.1, 0.15) is 0 Å². The number of esters is 1. The molecule has 5 nitrogen and oxygen atoms in total. The fourth-order valence-electron chi connectivity index (χ4n) is 2.49. The smallest absolute Gasteiger partial charge is 0.313 e. The highest BCUT2D eigenvalue weighted by Crippen LogP contribution is 2.42. The van der Waals surface area contributed by atoms with Crippen LogP contribution in [-0.4, -0.2) is 40.8 Å². The second kappa shape index (κ2) is 3.92. The van der Waals surface area contributed by atoms with Crippen LogP contribution in [0.25, 0.3) is 0 Å². The molecule has 1 saturated heterocycles. The lowest BCUT2D eigenvalue weighted by molar-refractivity contribution is -0.203. The molecule has 4 atom stereocenters. The van der Waals surface area contributed by atoms with E-state index in [0.717, 1.165) is 0 Å². The van der Waals surface area contributed by atoms with Gasteiger partial charge in [-0.2, -0.15) is 0 Å². The van der Waals surface area contributed by atoms with Gasteiger partial charge in [0, 0.05) is 5.92 Å². The van der Waals surface area contributed by atoms with Gasteiger partial charge in [-0.05, 0) is 17.9 Å². The molecule has 0 aromatic carbocycles. The van der Waals surface area contributed by atoms with E-state index in [1.165, 1.54) is 0 Å². The maximum atomic E-state index is 11.3. The van der Waals surface area contributed by atoms with Crippen LogP contribution in [-0.2, 0) is 9.53 Å². The van der Waals surface area contributed by atoms with Crippen LogP contribution in [0.15, 0.2) is 11.6 Å². The lowest BCUT2D eigenvalue weighted by Gasteiger charge is -2.36. The van der Waals surface area contributed by atoms with Crippen LogP contribution >= 0.6 is 0 Å². The van der Waals surface area contributed by atoms with Gasteiger partial charge >= 0.3 is 5.97 Å². The van der Waals surface area contributed by atoms with Gasteiger partial charge in [-0.25, -0.2) is 0 Å². The van der Waals surface area contributed by atoms with Crippen LogP contribution in [0, 0.1) is 17.8 Å². The number of carbonyl (C=O) groups excluding carboxylic acids is 1. The van der Waals surface area contributed by atoms with Gasteiger partial charge in [0.05, 0.1) is 19.1 Å². The number of fused-ring (bicyclic) bond motifs is 1. The van der Waals surface area contributed by atoms with Crippen molar-refractivity contribution in [3.8, 4) is 0 Å². The second-order valence-corrected chi connectivity index (χ2v) is 3.98. The Hall–Kier alpha value is -0.910. The highest BCUT2D eigenvalue weighted by Gasteiger charge is 2.48. The van der Waals surface area contributed by atoms with E-state index in [1.807, 2.05) is 6.08 Å². The van der Waals surface area contributed by atoms with Crippen molar-refractivity contribution in [1.82, 2.24) is 0 Å². The zero-order valence-corrected chi connectivity index (χ0v) is 8.17. The van der Waals surface area contributed by atoms with Crippen molar-refractivity contribution < 1.29 is 24.9 Å². The molecule has 3 N–H and O–H groups in total. The minimum atomic E-state index is -1.19. The number of ether oxygens (including phenoxy) is 1. The molecule has 4 unspecified atom stereocenters. The highest BCUT2D eigenvalue weighted by molar-refractivity contribution is 5.74. The zero-order chi connectivity index (χ0) is 11.0. The standard InChI is InChI=1S/C10H14O5/c11-3-5-1-2-6-7(4-12)9(13)15-10(14)8(5)6/h1,6-8,10-12,14H,2-4H2. The molecule has 5 heteroatoms. The molecule has 1 aliphatic carbocycles. The van der Waals surface area contributed by atoms with Crippen molar-refractivity contribution in [3.63, 3.8) is 0 Å². The Morgan fingerprint density at radius 2 is 2.20 bits per heavy atom. The molecular weight excluding hydrogens is 200 g/mol. The van der Waals surface area contributed by atoms with Crippen LogP contribution in [0.4, 0.5) is 0 Å². The molecule has 2 aliphatic rings. The van der Waals surface area contributed by atoms with Crippen LogP contribution in [0.3, 0.4) is 0 Å². The third-order valence-electron chi connectivity index (χ3n) is 3.28. The van der Waals surface area contributed by atoms with Crippen molar-refractivity contribution in [1.29, 1.82) is 0 Å². The normalized spacial score (nSPS) is 39.7. The first-order valence-electron chi connectivity index (χ1n) is 4.98. The number of rotatable bonds is 2. The third kappa shape index (κ3) is 1.56. The number of aliphatic hydroxyl groups is 3. The quantitative estimate of drug-likeness (QED) is 0.406. The predicted octanol–water partition coefficient (Wildman–Crippen LogP) is -0.975. The number of aliphatic hydroxyl groups excluding tert-OH is 3. The first-order valence-corrected chi connectivity index (χ1v) is 4.98. The van der Waals surface area contributed by atoms with Gasteiger partial charge < -0.3 is 20.1 Å². The Balaban J connectivity index is 2.23. The summed E-state index contributed by atoms with van der Waals surface area (Å²) < 4.78 is 4.74. The summed E-state index contributed by atoms with van der Waals surface area (Å²) in [5.74, 6) is -1.64. The van der Waals surface area contributed by atoms with Crippen molar-refractivity contribution in [2.24, 2.45) is 17.8 Å². The van der Waals surface area contributed by atoms with Gasteiger partial charge in [-0.3, -0.25) is 4.79 Å². The van der Waals surface area contributed by atoms with Crippen LogP contribution < -0.4 is 0 Å². The molecule has 0 bridgehead atoms. The minimum absolute atomic E-state index is 0.145. The van der Waals surface area contributed by atoms with Crippen LogP contribution in [0.1, 0.15) is 6.42 Å². The minimum Gasteiger partial charge on any atom is -0.435 e. The maximum absolute atomic E-state index is 11.3. The maximum Gasteiger partial charge on any atom is 0.313 e. The van der Waals surface area contributed by atoms with E-state index >= 15 is 0 Å². The van der Waals surface area contributed by atoms with E-state index in [2.05, 4.69) is 0 Å². The molecule has 0 amide bonds. The molecule has 15 heavy (non-hydrogen) atoms. The molecule has 1 fully saturated rings. The fourth-order valence-corrected chi connectivity index (χ4v) is 2.49. The van der Waals surface area contributed by atoms with Gasteiger partial charge in [0.15, 0.2) is 0 Å². The summed E-state index contributed by atoms with van der Waals surface area (Å²) in [5.41, 5.74) is 0.693. The first-order chi connectivity index (χ1) is 7.19. The van der Waals surface area contributed by atoms with Gasteiger partial charge in [-0.15, -0.1) is 0 Å². The lowest BCUT2D eigenvalue weighted by Crippen LogP contribution is -2.45. The van der Waals surface area contributed by atoms with Gasteiger partial charge in [0.2, 0.25) is 6.29 Å². The number of hydrogen-bond acceptors (Lipinski definition) is 5.